The lowest BCUT2D eigenvalue weighted by molar-refractivity contribution is -0.159. The minimum Gasteiger partial charge on any atom is -0.476 e. The number of esters is 1. The molecule has 2 heterocycles. The van der Waals surface area contributed by atoms with Gasteiger partial charge in [-0.3, -0.25) is 4.90 Å². The average molecular weight is 628 g/mol. The maximum atomic E-state index is 13.5. The van der Waals surface area contributed by atoms with Gasteiger partial charge in [0, 0.05) is 49.1 Å². The van der Waals surface area contributed by atoms with Gasteiger partial charge in [-0.05, 0) is 94.3 Å². The second kappa shape index (κ2) is 13.4. The summed E-state index contributed by atoms with van der Waals surface area (Å²) >= 11 is 1.51. The summed E-state index contributed by atoms with van der Waals surface area (Å²) in [5, 5.41) is 0. The van der Waals surface area contributed by atoms with Crippen molar-refractivity contribution >= 4 is 29.1 Å². The van der Waals surface area contributed by atoms with Crippen LogP contribution in [0.2, 0.25) is 0 Å². The van der Waals surface area contributed by atoms with Crippen LogP contribution in [0.3, 0.4) is 0 Å². The number of para-hydroxylation sites is 1. The first-order chi connectivity index (χ1) is 20.9. The van der Waals surface area contributed by atoms with Crippen LogP contribution in [0.4, 0.5) is 24.5 Å². The first-order valence-corrected chi connectivity index (χ1v) is 15.9. The van der Waals surface area contributed by atoms with Crippen molar-refractivity contribution in [2.75, 3.05) is 57.3 Å². The molecule has 236 valence electrons. The molecule has 2 aliphatic heterocycles. The molecule has 3 aromatic rings. The molecule has 0 unspecified atom stereocenters. The van der Waals surface area contributed by atoms with Crippen LogP contribution in [-0.4, -0.2) is 73.8 Å². The molecule has 10 heteroatoms. The Morgan fingerprint density at radius 3 is 2.14 bits per heavy atom. The highest BCUT2D eigenvalue weighted by molar-refractivity contribution is 7.99. The fourth-order valence-corrected chi connectivity index (χ4v) is 6.78. The second-order valence-corrected chi connectivity index (χ2v) is 13.1. The summed E-state index contributed by atoms with van der Waals surface area (Å²) in [5.41, 5.74) is 1.99. The smallest absolute Gasteiger partial charge is 0.416 e. The van der Waals surface area contributed by atoms with E-state index in [0.717, 1.165) is 65.7 Å². The van der Waals surface area contributed by atoms with Crippen molar-refractivity contribution in [1.29, 1.82) is 0 Å². The number of ether oxygens (including phenoxy) is 2. The zero-order valence-corrected chi connectivity index (χ0v) is 26.6. The van der Waals surface area contributed by atoms with Crippen LogP contribution in [0.15, 0.2) is 70.5 Å². The Morgan fingerprint density at radius 2 is 1.45 bits per heavy atom. The minimum absolute atomic E-state index is 0.296. The molecule has 44 heavy (non-hydrogen) atoms. The fourth-order valence-electron chi connectivity index (χ4n) is 5.70. The van der Waals surface area contributed by atoms with Crippen LogP contribution >= 0.6 is 11.8 Å². The summed E-state index contributed by atoms with van der Waals surface area (Å²) in [4.78, 5) is 21.4. The van der Waals surface area contributed by atoms with Gasteiger partial charge in [0.1, 0.15) is 12.4 Å². The van der Waals surface area contributed by atoms with E-state index in [-0.39, 0.29) is 0 Å². The van der Waals surface area contributed by atoms with Crippen molar-refractivity contribution in [3.8, 4) is 5.75 Å². The summed E-state index contributed by atoms with van der Waals surface area (Å²) in [6.45, 7) is 13.4. The molecule has 0 N–H and O–H groups in total. The third kappa shape index (κ3) is 7.89. The minimum atomic E-state index is -4.38. The second-order valence-electron chi connectivity index (χ2n) is 12.0. The lowest BCUT2D eigenvalue weighted by Gasteiger charge is -2.36. The summed E-state index contributed by atoms with van der Waals surface area (Å²) in [6.07, 6.45) is -3.56. The molecule has 5 rings (SSSR count). The molecule has 0 atom stereocenters. The van der Waals surface area contributed by atoms with Crippen molar-refractivity contribution in [2.24, 2.45) is 0 Å². The largest absolute Gasteiger partial charge is 0.476 e. The number of benzene rings is 3. The van der Waals surface area contributed by atoms with Crippen LogP contribution in [0.1, 0.15) is 37.0 Å². The molecule has 0 bridgehead atoms. The number of aryl methyl sites for hydroxylation is 2. The first kappa shape index (κ1) is 32.2. The van der Waals surface area contributed by atoms with E-state index in [1.165, 1.54) is 23.9 Å². The maximum absolute atomic E-state index is 13.5. The Hall–Kier alpha value is -3.21. The van der Waals surface area contributed by atoms with E-state index >= 15 is 0 Å². The number of halogens is 3. The third-order valence-corrected chi connectivity index (χ3v) is 9.10. The molecular formula is C34H40F3N3O3S. The number of carbonyl (C=O) groups excluding carboxylic acids is 1. The zero-order chi connectivity index (χ0) is 31.5. The van der Waals surface area contributed by atoms with E-state index in [4.69, 9.17) is 9.47 Å². The highest BCUT2D eigenvalue weighted by Gasteiger charge is 2.34. The standard InChI is InChI=1S/C34H40F3N3O3S/c1-24-20-25(2)22-27(21-24)43-33(3,4)32(41)42-19-18-39-16-14-38(15-17-39)12-7-13-40-28-8-5-6-9-30(28)44-31-11-10-26(23-29(31)40)34(35,36)37/h5-6,8-11,20-23H,7,12-19H2,1-4H3. The monoisotopic (exact) mass is 627 g/mol. The van der Waals surface area contributed by atoms with Gasteiger partial charge < -0.3 is 19.3 Å². The van der Waals surface area contributed by atoms with E-state index in [9.17, 15) is 18.0 Å². The van der Waals surface area contributed by atoms with Crippen molar-refractivity contribution in [3.63, 3.8) is 0 Å². The molecule has 0 aromatic heterocycles. The van der Waals surface area contributed by atoms with Gasteiger partial charge in [0.25, 0.3) is 0 Å². The van der Waals surface area contributed by atoms with Gasteiger partial charge in [-0.1, -0.05) is 30.0 Å². The Labute approximate surface area is 262 Å². The van der Waals surface area contributed by atoms with Crippen LogP contribution in [0, 0.1) is 13.8 Å². The number of rotatable bonds is 10. The quantitative estimate of drug-likeness (QED) is 0.218. The number of alkyl halides is 3. The van der Waals surface area contributed by atoms with E-state index in [0.29, 0.717) is 31.1 Å². The van der Waals surface area contributed by atoms with Crippen molar-refractivity contribution in [3.05, 3.63) is 77.4 Å². The predicted octanol–water partition coefficient (Wildman–Crippen LogP) is 7.33. The van der Waals surface area contributed by atoms with Crippen LogP contribution in [-0.2, 0) is 15.7 Å². The Bertz CT molecular complexity index is 1450. The molecule has 1 saturated heterocycles. The first-order valence-electron chi connectivity index (χ1n) is 15.0. The van der Waals surface area contributed by atoms with Gasteiger partial charge >= 0.3 is 12.1 Å². The van der Waals surface area contributed by atoms with Gasteiger partial charge in [0.2, 0.25) is 0 Å². The molecule has 0 saturated carbocycles. The topological polar surface area (TPSA) is 45.3 Å². The molecule has 1 fully saturated rings. The molecule has 0 amide bonds. The van der Waals surface area contributed by atoms with Crippen LogP contribution in [0.25, 0.3) is 0 Å². The number of hydrogen-bond donors (Lipinski definition) is 0. The van der Waals surface area contributed by atoms with E-state index in [1.807, 2.05) is 55.1 Å². The highest BCUT2D eigenvalue weighted by Crippen LogP contribution is 2.49. The number of anilines is 2. The Kier molecular flexibility index (Phi) is 9.82. The highest BCUT2D eigenvalue weighted by atomic mass is 32.2. The maximum Gasteiger partial charge on any atom is 0.416 e. The SMILES string of the molecule is Cc1cc(C)cc(OC(C)(C)C(=O)OCCN2CCN(CCCN3c4ccccc4Sc4ccc(C(F)(F)F)cc43)CC2)c1. The Morgan fingerprint density at radius 1 is 0.818 bits per heavy atom. The Balaban J connectivity index is 1.07. The van der Waals surface area contributed by atoms with Crippen molar-refractivity contribution in [2.45, 2.75) is 55.7 Å². The normalized spacial score (nSPS) is 15.9. The van der Waals surface area contributed by atoms with Gasteiger partial charge in [0.05, 0.1) is 16.9 Å². The van der Waals surface area contributed by atoms with Crippen molar-refractivity contribution < 1.29 is 27.4 Å². The number of hydrogen-bond acceptors (Lipinski definition) is 7. The molecule has 3 aromatic carbocycles. The zero-order valence-electron chi connectivity index (χ0n) is 25.7. The molecule has 0 spiro atoms. The summed E-state index contributed by atoms with van der Waals surface area (Å²) < 4.78 is 52.1. The summed E-state index contributed by atoms with van der Waals surface area (Å²) in [6, 6.07) is 17.8. The lowest BCUT2D eigenvalue weighted by Crippen LogP contribution is -2.48. The van der Waals surface area contributed by atoms with E-state index in [2.05, 4.69) is 15.9 Å². The summed E-state index contributed by atoms with van der Waals surface area (Å²) in [5.74, 6) is 0.260. The van der Waals surface area contributed by atoms with Gasteiger partial charge in [-0.15, -0.1) is 0 Å². The molecule has 6 nitrogen and oxygen atoms in total. The number of piperazine rings is 1. The van der Waals surface area contributed by atoms with E-state index < -0.39 is 23.3 Å². The lowest BCUT2D eigenvalue weighted by atomic mass is 10.1. The molecule has 0 radical (unpaired) electrons. The number of carbonyl (C=O) groups is 1. The van der Waals surface area contributed by atoms with Crippen molar-refractivity contribution in [1.82, 2.24) is 9.80 Å². The van der Waals surface area contributed by atoms with Crippen LogP contribution < -0.4 is 9.64 Å². The average Bonchev–Trinajstić information content (AvgIpc) is 2.96. The van der Waals surface area contributed by atoms with Crippen LogP contribution in [0.5, 0.6) is 5.75 Å². The molecule has 0 aliphatic carbocycles. The van der Waals surface area contributed by atoms with Gasteiger partial charge in [-0.25, -0.2) is 4.79 Å². The fraction of sp³-hybridized carbons (Fsp3) is 0.441. The third-order valence-electron chi connectivity index (χ3n) is 7.97. The number of fused-ring (bicyclic) bond motifs is 2. The molecular weight excluding hydrogens is 587 g/mol. The predicted molar refractivity (Wildman–Crippen MR) is 168 cm³/mol. The van der Waals surface area contributed by atoms with Gasteiger partial charge in [-0.2, -0.15) is 13.2 Å². The molecule has 2 aliphatic rings. The van der Waals surface area contributed by atoms with Gasteiger partial charge in [0.15, 0.2) is 5.60 Å². The summed E-state index contributed by atoms with van der Waals surface area (Å²) in [7, 11) is 0. The number of nitrogens with zero attached hydrogens (tertiary/aromatic N) is 3. The van der Waals surface area contributed by atoms with E-state index in [1.54, 1.807) is 19.9 Å².